The van der Waals surface area contributed by atoms with Crippen LogP contribution in [0.15, 0.2) is 37.2 Å². The first-order valence-electron chi connectivity index (χ1n) is 7.29. The Labute approximate surface area is 127 Å². The van der Waals surface area contributed by atoms with Crippen LogP contribution in [0.25, 0.3) is 11.2 Å². The lowest BCUT2D eigenvalue weighted by molar-refractivity contribution is 0.0553. The highest BCUT2D eigenvalue weighted by Crippen LogP contribution is 2.25. The van der Waals surface area contributed by atoms with Crippen LogP contribution in [0.1, 0.15) is 12.0 Å². The first-order valence-corrected chi connectivity index (χ1v) is 7.29. The van der Waals surface area contributed by atoms with E-state index < -0.39 is 0 Å². The summed E-state index contributed by atoms with van der Waals surface area (Å²) < 4.78 is 6.00. The molecule has 0 spiro atoms. The zero-order valence-corrected chi connectivity index (χ0v) is 12.0. The maximum absolute atomic E-state index is 6.00. The van der Waals surface area contributed by atoms with Crippen LogP contribution in [-0.2, 0) is 11.3 Å². The van der Waals surface area contributed by atoms with Gasteiger partial charge in [0.15, 0.2) is 11.5 Å². The Morgan fingerprint density at radius 2 is 2.14 bits per heavy atom. The van der Waals surface area contributed by atoms with Gasteiger partial charge in [-0.25, -0.2) is 15.0 Å². The summed E-state index contributed by atoms with van der Waals surface area (Å²) in [6.45, 7) is 2.37. The molecule has 7 heteroatoms. The number of hydrogen-bond acceptors (Lipinski definition) is 6. The van der Waals surface area contributed by atoms with Gasteiger partial charge in [0.2, 0.25) is 0 Å². The summed E-state index contributed by atoms with van der Waals surface area (Å²) in [6.07, 6.45) is 7.98. The molecule has 4 rings (SSSR count). The third kappa shape index (κ3) is 2.50. The van der Waals surface area contributed by atoms with Crippen LogP contribution in [-0.4, -0.2) is 44.1 Å². The third-order valence-electron chi connectivity index (χ3n) is 3.88. The number of imidazole rings is 1. The Morgan fingerprint density at radius 3 is 3.05 bits per heavy atom. The molecule has 4 heterocycles. The van der Waals surface area contributed by atoms with Crippen LogP contribution < -0.4 is 4.90 Å². The highest BCUT2D eigenvalue weighted by Gasteiger charge is 2.26. The second-order valence-corrected chi connectivity index (χ2v) is 5.32. The van der Waals surface area contributed by atoms with Crippen LogP contribution in [0.2, 0.25) is 0 Å². The Morgan fingerprint density at radius 1 is 1.23 bits per heavy atom. The average Bonchev–Trinajstić information content (AvgIpc) is 3.22. The molecule has 0 aliphatic carbocycles. The number of hydrogen-bond donors (Lipinski definition) is 1. The molecule has 1 saturated heterocycles. The van der Waals surface area contributed by atoms with Gasteiger partial charge in [0.25, 0.3) is 0 Å². The van der Waals surface area contributed by atoms with Crippen LogP contribution in [0.3, 0.4) is 0 Å². The first-order chi connectivity index (χ1) is 10.9. The maximum atomic E-state index is 6.00. The minimum Gasteiger partial charge on any atom is -0.372 e. The van der Waals surface area contributed by atoms with Crippen molar-refractivity contribution in [1.29, 1.82) is 0 Å². The molecular weight excluding hydrogens is 280 g/mol. The number of rotatable bonds is 4. The molecule has 1 N–H and O–H groups in total. The van der Waals surface area contributed by atoms with E-state index in [1.165, 1.54) is 0 Å². The Bertz CT molecular complexity index is 759. The van der Waals surface area contributed by atoms with E-state index >= 15 is 0 Å². The number of H-pyrrole nitrogens is 1. The zero-order chi connectivity index (χ0) is 14.8. The molecule has 1 aliphatic rings. The van der Waals surface area contributed by atoms with Crippen molar-refractivity contribution in [3.63, 3.8) is 0 Å². The van der Waals surface area contributed by atoms with E-state index in [9.17, 15) is 0 Å². The Balaban J connectivity index is 1.43. The summed E-state index contributed by atoms with van der Waals surface area (Å²) in [5, 5.41) is 0. The molecule has 3 aromatic heterocycles. The topological polar surface area (TPSA) is 79.8 Å². The second-order valence-electron chi connectivity index (χ2n) is 5.32. The first kappa shape index (κ1) is 13.1. The average molecular weight is 296 g/mol. The lowest BCUT2D eigenvalue weighted by Crippen LogP contribution is -2.24. The minimum absolute atomic E-state index is 0.209. The summed E-state index contributed by atoms with van der Waals surface area (Å²) in [4.78, 5) is 22.1. The standard InChI is InChI=1S/C15H16N6O/c1-4-16-5-2-11(1)8-22-12-3-6-21(7-12)15-13-14(18-9-17-13)19-10-20-15/h1-2,4-5,9-10,12H,3,6-8H2,(H,17,18,19,20). The lowest BCUT2D eigenvalue weighted by Gasteiger charge is -2.17. The van der Waals surface area contributed by atoms with Crippen LogP contribution in [0, 0.1) is 0 Å². The van der Waals surface area contributed by atoms with Crippen LogP contribution >= 0.6 is 0 Å². The van der Waals surface area contributed by atoms with Gasteiger partial charge < -0.3 is 14.6 Å². The van der Waals surface area contributed by atoms with Gasteiger partial charge in [0, 0.05) is 25.5 Å². The summed E-state index contributed by atoms with van der Waals surface area (Å²) in [5.41, 5.74) is 2.73. The molecule has 1 aliphatic heterocycles. The summed E-state index contributed by atoms with van der Waals surface area (Å²) >= 11 is 0. The number of nitrogens with one attached hydrogen (secondary N) is 1. The molecule has 1 atom stereocenters. The molecule has 0 radical (unpaired) electrons. The predicted octanol–water partition coefficient (Wildman–Crippen LogP) is 1.54. The van der Waals surface area contributed by atoms with Crippen molar-refractivity contribution in [2.75, 3.05) is 18.0 Å². The van der Waals surface area contributed by atoms with Gasteiger partial charge in [-0.05, 0) is 24.1 Å². The molecule has 1 unspecified atom stereocenters. The van der Waals surface area contributed by atoms with E-state index in [0.717, 1.165) is 36.4 Å². The highest BCUT2D eigenvalue weighted by atomic mass is 16.5. The van der Waals surface area contributed by atoms with Gasteiger partial charge in [-0.2, -0.15) is 0 Å². The zero-order valence-electron chi connectivity index (χ0n) is 12.0. The smallest absolute Gasteiger partial charge is 0.182 e. The summed E-state index contributed by atoms with van der Waals surface area (Å²) in [5.74, 6) is 0.900. The van der Waals surface area contributed by atoms with E-state index in [1.807, 2.05) is 12.1 Å². The van der Waals surface area contributed by atoms with Crippen molar-refractivity contribution in [2.45, 2.75) is 19.1 Å². The van der Waals surface area contributed by atoms with Crippen LogP contribution in [0.5, 0.6) is 0 Å². The van der Waals surface area contributed by atoms with Crippen molar-refractivity contribution >= 4 is 17.0 Å². The van der Waals surface area contributed by atoms with Crippen molar-refractivity contribution in [3.8, 4) is 0 Å². The molecule has 22 heavy (non-hydrogen) atoms. The molecule has 0 saturated carbocycles. The number of pyridine rings is 1. The second kappa shape index (κ2) is 5.69. The molecule has 112 valence electrons. The van der Waals surface area contributed by atoms with Crippen molar-refractivity contribution in [2.24, 2.45) is 0 Å². The van der Waals surface area contributed by atoms with E-state index in [-0.39, 0.29) is 6.10 Å². The van der Waals surface area contributed by atoms with Gasteiger partial charge in [-0.1, -0.05) is 0 Å². The third-order valence-corrected chi connectivity index (χ3v) is 3.88. The van der Waals surface area contributed by atoms with Gasteiger partial charge in [-0.15, -0.1) is 0 Å². The molecule has 0 aromatic carbocycles. The molecule has 0 amide bonds. The highest BCUT2D eigenvalue weighted by molar-refractivity contribution is 5.82. The van der Waals surface area contributed by atoms with Crippen molar-refractivity contribution < 1.29 is 4.74 Å². The number of anilines is 1. The molecule has 1 fully saturated rings. The lowest BCUT2D eigenvalue weighted by atomic mass is 10.3. The fourth-order valence-electron chi connectivity index (χ4n) is 2.74. The number of ether oxygens (including phenoxy) is 1. The SMILES string of the molecule is c1cc(COC2CCN(c3ncnc4nc[nH]c34)C2)ccn1. The Kier molecular flexibility index (Phi) is 3.40. The number of aromatic amines is 1. The molecule has 7 nitrogen and oxygen atoms in total. The summed E-state index contributed by atoms with van der Waals surface area (Å²) in [7, 11) is 0. The largest absolute Gasteiger partial charge is 0.372 e. The van der Waals surface area contributed by atoms with E-state index in [4.69, 9.17) is 4.74 Å². The fourth-order valence-corrected chi connectivity index (χ4v) is 2.74. The normalized spacial score (nSPS) is 18.2. The van der Waals surface area contributed by atoms with Gasteiger partial charge in [0.05, 0.1) is 19.0 Å². The predicted molar refractivity (Wildman–Crippen MR) is 81.3 cm³/mol. The summed E-state index contributed by atoms with van der Waals surface area (Å²) in [6, 6.07) is 3.95. The Hall–Kier alpha value is -2.54. The van der Waals surface area contributed by atoms with Crippen molar-refractivity contribution in [3.05, 3.63) is 42.7 Å². The number of nitrogens with zero attached hydrogens (tertiary/aromatic N) is 5. The van der Waals surface area contributed by atoms with E-state index in [0.29, 0.717) is 12.3 Å². The van der Waals surface area contributed by atoms with Crippen molar-refractivity contribution in [1.82, 2.24) is 24.9 Å². The maximum Gasteiger partial charge on any atom is 0.182 e. The van der Waals surface area contributed by atoms with E-state index in [1.54, 1.807) is 25.0 Å². The quantitative estimate of drug-likeness (QED) is 0.786. The fraction of sp³-hybridized carbons (Fsp3) is 0.333. The molecule has 3 aromatic rings. The minimum atomic E-state index is 0.209. The monoisotopic (exact) mass is 296 g/mol. The van der Waals surface area contributed by atoms with E-state index in [2.05, 4.69) is 29.8 Å². The number of aromatic nitrogens is 5. The molecular formula is C15H16N6O. The van der Waals surface area contributed by atoms with Gasteiger partial charge in [0.1, 0.15) is 11.8 Å². The van der Waals surface area contributed by atoms with Gasteiger partial charge in [-0.3, -0.25) is 4.98 Å². The van der Waals surface area contributed by atoms with Crippen LogP contribution in [0.4, 0.5) is 5.82 Å². The molecule has 0 bridgehead atoms. The number of fused-ring (bicyclic) bond motifs is 1. The van der Waals surface area contributed by atoms with Gasteiger partial charge >= 0.3 is 0 Å².